The van der Waals surface area contributed by atoms with E-state index < -0.39 is 12.1 Å². The van der Waals surface area contributed by atoms with Crippen LogP contribution in [0.3, 0.4) is 0 Å². The van der Waals surface area contributed by atoms with Gasteiger partial charge in [-0.2, -0.15) is 0 Å². The first-order chi connectivity index (χ1) is 34.0. The fraction of sp³-hybridized carbons (Fsp3) is 0.762. The first kappa shape index (κ1) is 65.8. The van der Waals surface area contributed by atoms with Gasteiger partial charge in [-0.05, 0) is 70.6 Å². The Hall–Kier alpha value is -3.15. The third-order valence-corrected chi connectivity index (χ3v) is 12.7. The summed E-state index contributed by atoms with van der Waals surface area (Å²) >= 11 is 0. The van der Waals surface area contributed by atoms with E-state index in [0.29, 0.717) is 19.3 Å². The van der Waals surface area contributed by atoms with Gasteiger partial charge in [0.25, 0.3) is 0 Å². The standard InChI is InChI=1S/C63H110O6/c1-4-7-10-13-16-19-22-25-26-27-28-29-30-31-32-33-34-35-36-39-41-44-47-50-53-56-62(65)68-59-60(69-63(66)57-54-51-48-45-42-38-24-21-18-15-12-9-6-3)58-67-61(64)55-52-49-46-43-40-37-23-20-17-14-11-8-5-2/h9,11-12,14,18,20-21,23,38,42,48,51,60H,4-8,10,13,15-17,19,22,24-37,39-41,43-47,49-50,52-59H2,1-3H3/b12-9-,14-11-,21-18-,23-20-,42-38-,51-48-. The molecule has 0 aliphatic carbocycles. The van der Waals surface area contributed by atoms with Crippen LogP contribution in [-0.4, -0.2) is 37.2 Å². The van der Waals surface area contributed by atoms with Gasteiger partial charge in [0.2, 0.25) is 0 Å². The zero-order valence-corrected chi connectivity index (χ0v) is 45.6. The normalized spacial score (nSPS) is 12.6. The molecule has 0 heterocycles. The number of rotatable bonds is 53. The van der Waals surface area contributed by atoms with Crippen LogP contribution >= 0.6 is 0 Å². The monoisotopic (exact) mass is 963 g/mol. The maximum absolute atomic E-state index is 12.8. The summed E-state index contributed by atoms with van der Waals surface area (Å²) < 4.78 is 16.8. The van der Waals surface area contributed by atoms with E-state index >= 15 is 0 Å². The second kappa shape index (κ2) is 57.4. The summed E-state index contributed by atoms with van der Waals surface area (Å²) in [4.78, 5) is 38.0. The van der Waals surface area contributed by atoms with E-state index in [-0.39, 0.29) is 31.6 Å². The Bertz CT molecular complexity index is 1290. The molecule has 6 heteroatoms. The smallest absolute Gasteiger partial charge is 0.306 e. The van der Waals surface area contributed by atoms with Gasteiger partial charge in [0.15, 0.2) is 6.10 Å². The molecule has 0 rings (SSSR count). The number of esters is 3. The first-order valence-corrected chi connectivity index (χ1v) is 29.4. The van der Waals surface area contributed by atoms with Gasteiger partial charge < -0.3 is 14.2 Å². The lowest BCUT2D eigenvalue weighted by Crippen LogP contribution is -2.30. The lowest BCUT2D eigenvalue weighted by molar-refractivity contribution is -0.166. The van der Waals surface area contributed by atoms with Gasteiger partial charge in [-0.1, -0.05) is 273 Å². The van der Waals surface area contributed by atoms with Crippen molar-refractivity contribution in [3.63, 3.8) is 0 Å². The van der Waals surface area contributed by atoms with E-state index in [9.17, 15) is 14.4 Å². The van der Waals surface area contributed by atoms with E-state index in [1.165, 1.54) is 148 Å². The molecular weight excluding hydrogens is 853 g/mol. The molecule has 1 atom stereocenters. The molecule has 0 fully saturated rings. The van der Waals surface area contributed by atoms with Crippen LogP contribution in [-0.2, 0) is 28.6 Å². The van der Waals surface area contributed by atoms with Crippen LogP contribution in [0.5, 0.6) is 0 Å². The molecule has 0 saturated heterocycles. The molecule has 0 aromatic rings. The molecule has 0 aromatic heterocycles. The van der Waals surface area contributed by atoms with Crippen LogP contribution in [0.15, 0.2) is 72.9 Å². The van der Waals surface area contributed by atoms with Crippen molar-refractivity contribution in [1.82, 2.24) is 0 Å². The fourth-order valence-corrected chi connectivity index (χ4v) is 8.32. The topological polar surface area (TPSA) is 78.9 Å². The number of unbranched alkanes of at least 4 members (excludes halogenated alkanes) is 30. The molecule has 0 N–H and O–H groups in total. The maximum Gasteiger partial charge on any atom is 0.306 e. The van der Waals surface area contributed by atoms with Crippen molar-refractivity contribution in [2.75, 3.05) is 13.2 Å². The molecule has 0 spiro atoms. The lowest BCUT2D eigenvalue weighted by atomic mass is 10.0. The van der Waals surface area contributed by atoms with E-state index in [1.807, 2.05) is 12.2 Å². The van der Waals surface area contributed by atoms with Gasteiger partial charge in [-0.3, -0.25) is 14.4 Å². The molecular formula is C63H110O6. The molecule has 0 radical (unpaired) electrons. The van der Waals surface area contributed by atoms with Crippen LogP contribution in [0.1, 0.15) is 290 Å². The predicted octanol–water partition coefficient (Wildman–Crippen LogP) is 19.8. The fourth-order valence-electron chi connectivity index (χ4n) is 8.32. The van der Waals surface area contributed by atoms with Crippen molar-refractivity contribution in [2.45, 2.75) is 297 Å². The Labute approximate surface area is 427 Å². The first-order valence-electron chi connectivity index (χ1n) is 29.4. The van der Waals surface area contributed by atoms with E-state index in [4.69, 9.17) is 14.2 Å². The zero-order valence-electron chi connectivity index (χ0n) is 45.6. The maximum atomic E-state index is 12.8. The van der Waals surface area contributed by atoms with Gasteiger partial charge in [0.05, 0.1) is 0 Å². The largest absolute Gasteiger partial charge is 0.462 e. The number of ether oxygens (including phenoxy) is 3. The van der Waals surface area contributed by atoms with Crippen LogP contribution < -0.4 is 0 Å². The third-order valence-electron chi connectivity index (χ3n) is 12.7. The summed E-state index contributed by atoms with van der Waals surface area (Å²) in [5.41, 5.74) is 0. The molecule has 0 saturated carbocycles. The van der Waals surface area contributed by atoms with Gasteiger partial charge in [0.1, 0.15) is 13.2 Å². The van der Waals surface area contributed by atoms with Crippen molar-refractivity contribution >= 4 is 17.9 Å². The highest BCUT2D eigenvalue weighted by Gasteiger charge is 2.19. The van der Waals surface area contributed by atoms with Gasteiger partial charge in [0, 0.05) is 19.3 Å². The van der Waals surface area contributed by atoms with Crippen molar-refractivity contribution in [2.24, 2.45) is 0 Å². The summed E-state index contributed by atoms with van der Waals surface area (Å²) in [5, 5.41) is 0. The number of allylic oxidation sites excluding steroid dienone is 12. The number of carbonyl (C=O) groups is 3. The second-order valence-corrected chi connectivity index (χ2v) is 19.5. The van der Waals surface area contributed by atoms with Crippen molar-refractivity contribution in [3.8, 4) is 0 Å². The molecule has 398 valence electrons. The SMILES string of the molecule is CC/C=C\C/C=C\C/C=C\C/C=C\CCC(=O)OC(COC(=O)CCCCCCC/C=C\C/C=C\CCC)COC(=O)CCCCCCCCCCCCCCCCCCCCCCCCCCC. The minimum Gasteiger partial charge on any atom is -0.462 e. The lowest BCUT2D eigenvalue weighted by Gasteiger charge is -2.18. The zero-order chi connectivity index (χ0) is 50.0. The summed E-state index contributed by atoms with van der Waals surface area (Å²) in [5.74, 6) is -0.996. The molecule has 0 aliphatic heterocycles. The average molecular weight is 964 g/mol. The van der Waals surface area contributed by atoms with E-state index in [0.717, 1.165) is 96.3 Å². The average Bonchev–Trinajstić information content (AvgIpc) is 3.35. The summed E-state index contributed by atoms with van der Waals surface area (Å²) in [6, 6.07) is 0. The Morgan fingerprint density at radius 2 is 0.623 bits per heavy atom. The summed E-state index contributed by atoms with van der Waals surface area (Å²) in [6.07, 6.45) is 73.6. The highest BCUT2D eigenvalue weighted by molar-refractivity contribution is 5.71. The summed E-state index contributed by atoms with van der Waals surface area (Å²) in [6.45, 7) is 6.41. The predicted molar refractivity (Wildman–Crippen MR) is 298 cm³/mol. The molecule has 0 amide bonds. The Balaban J connectivity index is 4.27. The van der Waals surface area contributed by atoms with Crippen molar-refractivity contribution in [3.05, 3.63) is 72.9 Å². The third kappa shape index (κ3) is 55.6. The Morgan fingerprint density at radius 1 is 0.304 bits per heavy atom. The quantitative estimate of drug-likeness (QED) is 0.0262. The van der Waals surface area contributed by atoms with Crippen LogP contribution in [0.2, 0.25) is 0 Å². The molecule has 0 aliphatic rings. The number of carbonyl (C=O) groups excluding carboxylic acids is 3. The molecule has 6 nitrogen and oxygen atoms in total. The molecule has 0 bridgehead atoms. The van der Waals surface area contributed by atoms with Crippen LogP contribution in [0.4, 0.5) is 0 Å². The van der Waals surface area contributed by atoms with Gasteiger partial charge >= 0.3 is 17.9 Å². The minimum absolute atomic E-state index is 0.106. The highest BCUT2D eigenvalue weighted by Crippen LogP contribution is 2.17. The molecule has 0 aromatic carbocycles. The second-order valence-electron chi connectivity index (χ2n) is 19.5. The van der Waals surface area contributed by atoms with E-state index in [1.54, 1.807) is 0 Å². The number of hydrogen-bond donors (Lipinski definition) is 0. The van der Waals surface area contributed by atoms with Crippen molar-refractivity contribution < 1.29 is 28.6 Å². The Kier molecular flexibility index (Phi) is 54.8. The Morgan fingerprint density at radius 3 is 1.00 bits per heavy atom. The molecule has 1 unspecified atom stereocenters. The van der Waals surface area contributed by atoms with Crippen LogP contribution in [0, 0.1) is 0 Å². The van der Waals surface area contributed by atoms with Crippen LogP contribution in [0.25, 0.3) is 0 Å². The van der Waals surface area contributed by atoms with E-state index in [2.05, 4.69) is 81.5 Å². The summed E-state index contributed by atoms with van der Waals surface area (Å²) in [7, 11) is 0. The minimum atomic E-state index is -0.818. The van der Waals surface area contributed by atoms with Gasteiger partial charge in [-0.15, -0.1) is 0 Å². The molecule has 69 heavy (non-hydrogen) atoms. The number of hydrogen-bond acceptors (Lipinski definition) is 6. The van der Waals surface area contributed by atoms with Gasteiger partial charge in [-0.25, -0.2) is 0 Å². The van der Waals surface area contributed by atoms with Crippen molar-refractivity contribution in [1.29, 1.82) is 0 Å². The highest BCUT2D eigenvalue weighted by atomic mass is 16.6.